The number of benzene rings is 2. The van der Waals surface area contributed by atoms with E-state index in [0.717, 1.165) is 17.7 Å². The fourth-order valence-electron chi connectivity index (χ4n) is 4.26. The van der Waals surface area contributed by atoms with E-state index in [1.54, 1.807) is 6.20 Å². The highest BCUT2D eigenvalue weighted by molar-refractivity contribution is 6.07. The molecule has 3 amide bonds. The standard InChI is InChI=1S/C22H20N4O2/c27-20-22(11-10-16-6-4-5-7-17(16)14-22)24-21(28)26(20)15-19-23-12-13-25(19)18-8-2-1-3-9-18/h1-9,12-13H,10-11,14-15H2,(H,24,28)/t22-/m0/s1. The van der Waals surface area contributed by atoms with Crippen molar-refractivity contribution in [2.45, 2.75) is 31.3 Å². The fourth-order valence-corrected chi connectivity index (χ4v) is 4.26. The zero-order chi connectivity index (χ0) is 19.1. The minimum Gasteiger partial charge on any atom is -0.323 e. The maximum Gasteiger partial charge on any atom is 0.325 e. The number of aromatic nitrogens is 2. The Balaban J connectivity index is 1.42. The highest BCUT2D eigenvalue weighted by Gasteiger charge is 2.52. The van der Waals surface area contributed by atoms with Gasteiger partial charge in [0.25, 0.3) is 5.91 Å². The SMILES string of the molecule is O=C1N[C@]2(CCc3ccccc3C2)C(=O)N1Cc1nccn1-c1ccccc1. The number of amides is 3. The molecule has 3 aromatic rings. The number of urea groups is 1. The third-order valence-electron chi connectivity index (χ3n) is 5.73. The highest BCUT2D eigenvalue weighted by Crippen LogP contribution is 2.34. The van der Waals surface area contributed by atoms with E-state index in [2.05, 4.69) is 16.4 Å². The molecule has 0 saturated carbocycles. The molecule has 0 bridgehead atoms. The van der Waals surface area contributed by atoms with E-state index in [4.69, 9.17) is 0 Å². The van der Waals surface area contributed by atoms with E-state index in [1.807, 2.05) is 59.3 Å². The second kappa shape index (κ2) is 6.34. The van der Waals surface area contributed by atoms with Crippen molar-refractivity contribution in [3.8, 4) is 5.69 Å². The molecule has 5 rings (SSSR count). The zero-order valence-electron chi connectivity index (χ0n) is 15.3. The fraction of sp³-hybridized carbons (Fsp3) is 0.227. The molecule has 1 N–H and O–H groups in total. The highest BCUT2D eigenvalue weighted by atomic mass is 16.2. The number of nitrogens with zero attached hydrogens (tertiary/aromatic N) is 3. The Kier molecular flexibility index (Phi) is 3.79. The number of fused-ring (bicyclic) bond motifs is 1. The van der Waals surface area contributed by atoms with Crippen molar-refractivity contribution >= 4 is 11.9 Å². The first-order chi connectivity index (χ1) is 13.7. The molecule has 1 atom stereocenters. The van der Waals surface area contributed by atoms with Gasteiger partial charge in [0.15, 0.2) is 0 Å². The molecule has 2 heterocycles. The average molecular weight is 372 g/mol. The molecular formula is C22H20N4O2. The van der Waals surface area contributed by atoms with Gasteiger partial charge in [-0.1, -0.05) is 42.5 Å². The summed E-state index contributed by atoms with van der Waals surface area (Å²) in [5, 5.41) is 2.98. The molecule has 2 aromatic carbocycles. The van der Waals surface area contributed by atoms with E-state index in [1.165, 1.54) is 10.5 Å². The second-order valence-electron chi connectivity index (χ2n) is 7.40. The van der Waals surface area contributed by atoms with E-state index >= 15 is 0 Å². The van der Waals surface area contributed by atoms with Crippen LogP contribution in [-0.2, 0) is 24.2 Å². The third-order valence-corrected chi connectivity index (χ3v) is 5.73. The molecule has 6 heteroatoms. The summed E-state index contributed by atoms with van der Waals surface area (Å²) in [5.74, 6) is 0.498. The summed E-state index contributed by atoms with van der Waals surface area (Å²) in [6.07, 6.45) is 5.48. The Morgan fingerprint density at radius 1 is 1.00 bits per heavy atom. The first kappa shape index (κ1) is 16.7. The van der Waals surface area contributed by atoms with Gasteiger partial charge in [-0.3, -0.25) is 9.69 Å². The molecular weight excluding hydrogens is 352 g/mol. The van der Waals surface area contributed by atoms with Crippen molar-refractivity contribution in [2.24, 2.45) is 0 Å². The quantitative estimate of drug-likeness (QED) is 0.719. The number of carbonyl (C=O) groups excluding carboxylic acids is 2. The van der Waals surface area contributed by atoms with Crippen LogP contribution in [0.4, 0.5) is 4.79 Å². The van der Waals surface area contributed by atoms with E-state index in [0.29, 0.717) is 18.7 Å². The predicted octanol–water partition coefficient (Wildman–Crippen LogP) is 2.85. The number of carbonyl (C=O) groups is 2. The minimum atomic E-state index is -0.838. The molecule has 1 aliphatic carbocycles. The lowest BCUT2D eigenvalue weighted by atomic mass is 9.78. The molecule has 28 heavy (non-hydrogen) atoms. The van der Waals surface area contributed by atoms with Gasteiger partial charge in [-0.05, 0) is 36.1 Å². The van der Waals surface area contributed by atoms with Crippen molar-refractivity contribution < 1.29 is 9.59 Å². The molecule has 1 fully saturated rings. The maximum absolute atomic E-state index is 13.3. The van der Waals surface area contributed by atoms with Crippen molar-refractivity contribution in [3.63, 3.8) is 0 Å². The molecule has 2 aliphatic rings. The van der Waals surface area contributed by atoms with Gasteiger partial charge in [0.05, 0.1) is 6.54 Å². The monoisotopic (exact) mass is 372 g/mol. The van der Waals surface area contributed by atoms with Gasteiger partial charge < -0.3 is 9.88 Å². The number of hydrogen-bond acceptors (Lipinski definition) is 3. The Morgan fingerprint density at radius 2 is 1.75 bits per heavy atom. The minimum absolute atomic E-state index is 0.149. The molecule has 1 aromatic heterocycles. The number of hydrogen-bond donors (Lipinski definition) is 1. The number of imidazole rings is 1. The molecule has 1 saturated heterocycles. The van der Waals surface area contributed by atoms with Crippen LogP contribution in [0.2, 0.25) is 0 Å². The summed E-state index contributed by atoms with van der Waals surface area (Å²) in [4.78, 5) is 31.7. The first-order valence-corrected chi connectivity index (χ1v) is 9.45. The van der Waals surface area contributed by atoms with Crippen LogP contribution in [0.15, 0.2) is 67.0 Å². The average Bonchev–Trinajstić information content (AvgIpc) is 3.28. The van der Waals surface area contributed by atoms with Crippen LogP contribution in [0.25, 0.3) is 5.69 Å². The van der Waals surface area contributed by atoms with Gasteiger partial charge in [0.2, 0.25) is 0 Å². The Hall–Kier alpha value is -3.41. The van der Waals surface area contributed by atoms with E-state index in [-0.39, 0.29) is 18.5 Å². The van der Waals surface area contributed by atoms with Crippen LogP contribution < -0.4 is 5.32 Å². The summed E-state index contributed by atoms with van der Waals surface area (Å²) in [5.41, 5.74) is 2.50. The summed E-state index contributed by atoms with van der Waals surface area (Å²) in [6, 6.07) is 17.6. The van der Waals surface area contributed by atoms with Crippen molar-refractivity contribution in [3.05, 3.63) is 83.9 Å². The summed E-state index contributed by atoms with van der Waals surface area (Å²) in [7, 11) is 0. The molecule has 1 spiro atoms. The summed E-state index contributed by atoms with van der Waals surface area (Å²) in [6.45, 7) is 0.149. The van der Waals surface area contributed by atoms with Gasteiger partial charge in [0, 0.05) is 24.5 Å². The van der Waals surface area contributed by atoms with Gasteiger partial charge in [-0.25, -0.2) is 9.78 Å². The van der Waals surface area contributed by atoms with Crippen LogP contribution in [-0.4, -0.2) is 31.9 Å². The van der Waals surface area contributed by atoms with Crippen LogP contribution in [0.1, 0.15) is 23.4 Å². The lowest BCUT2D eigenvalue weighted by Gasteiger charge is -2.32. The number of rotatable bonds is 3. The first-order valence-electron chi connectivity index (χ1n) is 9.45. The third kappa shape index (κ3) is 2.60. The van der Waals surface area contributed by atoms with E-state index in [9.17, 15) is 9.59 Å². The van der Waals surface area contributed by atoms with Gasteiger partial charge in [-0.2, -0.15) is 0 Å². The van der Waals surface area contributed by atoms with Crippen LogP contribution in [0.3, 0.4) is 0 Å². The van der Waals surface area contributed by atoms with Crippen LogP contribution in [0.5, 0.6) is 0 Å². The Morgan fingerprint density at radius 3 is 2.57 bits per heavy atom. The number of para-hydroxylation sites is 1. The lowest BCUT2D eigenvalue weighted by molar-refractivity contribution is -0.132. The molecule has 6 nitrogen and oxygen atoms in total. The number of imide groups is 1. The van der Waals surface area contributed by atoms with Gasteiger partial charge in [-0.15, -0.1) is 0 Å². The van der Waals surface area contributed by atoms with Gasteiger partial charge >= 0.3 is 6.03 Å². The zero-order valence-corrected chi connectivity index (χ0v) is 15.3. The summed E-state index contributed by atoms with van der Waals surface area (Å²) >= 11 is 0. The lowest BCUT2D eigenvalue weighted by Crippen LogP contribution is -2.51. The van der Waals surface area contributed by atoms with Crippen LogP contribution >= 0.6 is 0 Å². The van der Waals surface area contributed by atoms with Crippen molar-refractivity contribution in [1.29, 1.82) is 0 Å². The molecule has 1 aliphatic heterocycles. The van der Waals surface area contributed by atoms with Crippen LogP contribution in [0, 0.1) is 0 Å². The largest absolute Gasteiger partial charge is 0.325 e. The predicted molar refractivity (Wildman–Crippen MR) is 104 cm³/mol. The van der Waals surface area contributed by atoms with Crippen molar-refractivity contribution in [2.75, 3.05) is 0 Å². The van der Waals surface area contributed by atoms with Crippen molar-refractivity contribution in [1.82, 2.24) is 19.8 Å². The molecule has 0 unspecified atom stereocenters. The summed E-state index contributed by atoms with van der Waals surface area (Å²) < 4.78 is 1.90. The Bertz CT molecular complexity index is 1060. The molecule has 0 radical (unpaired) electrons. The van der Waals surface area contributed by atoms with Gasteiger partial charge in [0.1, 0.15) is 11.4 Å². The normalized spacial score (nSPS) is 21.1. The smallest absolute Gasteiger partial charge is 0.323 e. The molecule has 140 valence electrons. The second-order valence-corrected chi connectivity index (χ2v) is 7.40. The number of nitrogens with one attached hydrogen (secondary N) is 1. The number of aryl methyl sites for hydroxylation is 1. The topological polar surface area (TPSA) is 67.2 Å². The maximum atomic E-state index is 13.3. The Labute approximate surface area is 162 Å². The van der Waals surface area contributed by atoms with E-state index < -0.39 is 5.54 Å².